The Labute approximate surface area is 232 Å². The van der Waals surface area contributed by atoms with E-state index in [2.05, 4.69) is 0 Å². The molecule has 0 bridgehead atoms. The highest BCUT2D eigenvalue weighted by Gasteiger charge is 2.39. The normalized spacial score (nSPS) is 12.1. The van der Waals surface area contributed by atoms with Gasteiger partial charge in [-0.15, -0.1) is 0 Å². The van der Waals surface area contributed by atoms with Gasteiger partial charge in [-0.2, -0.15) is 0 Å². The van der Waals surface area contributed by atoms with E-state index in [4.69, 9.17) is 14.2 Å². The van der Waals surface area contributed by atoms with Crippen LogP contribution >= 0.6 is 0 Å². The summed E-state index contributed by atoms with van der Waals surface area (Å²) in [5.74, 6) is 1.43. The molecule has 0 spiro atoms. The molecule has 0 amide bonds. The van der Waals surface area contributed by atoms with Crippen LogP contribution in [0.15, 0.2) is 97.1 Å². The van der Waals surface area contributed by atoms with Crippen molar-refractivity contribution in [2.24, 2.45) is 0 Å². The van der Waals surface area contributed by atoms with E-state index in [0.29, 0.717) is 57.3 Å². The average molecular weight is 530 g/mol. The van der Waals surface area contributed by atoms with Gasteiger partial charge in [-0.05, 0) is 55.0 Å². The maximum atomic E-state index is 14.3. The SMILES string of the molecule is CCOc1ccc(-n2c(-c3ccccc3)c3c(c2-c2ccc(OC)c(OC)c2)C(=O)c2ccccc2C3=O)cc1. The first-order valence-electron chi connectivity index (χ1n) is 13.1. The first kappa shape index (κ1) is 25.2. The van der Waals surface area contributed by atoms with Gasteiger partial charge in [0.2, 0.25) is 0 Å². The van der Waals surface area contributed by atoms with Crippen molar-refractivity contribution >= 4 is 11.6 Å². The monoisotopic (exact) mass is 529 g/mol. The Kier molecular flexibility index (Phi) is 6.44. The second-order valence-electron chi connectivity index (χ2n) is 9.35. The van der Waals surface area contributed by atoms with Crippen molar-refractivity contribution < 1.29 is 23.8 Å². The average Bonchev–Trinajstić information content (AvgIpc) is 3.37. The number of ether oxygens (including phenoxy) is 3. The Morgan fingerprint density at radius 2 is 1.20 bits per heavy atom. The quantitative estimate of drug-likeness (QED) is 0.223. The molecule has 0 aliphatic heterocycles. The summed E-state index contributed by atoms with van der Waals surface area (Å²) in [4.78, 5) is 28.5. The molecule has 0 saturated carbocycles. The van der Waals surface area contributed by atoms with Gasteiger partial charge in [0, 0.05) is 22.4 Å². The summed E-state index contributed by atoms with van der Waals surface area (Å²) in [6.45, 7) is 2.48. The van der Waals surface area contributed by atoms with Gasteiger partial charge in [-0.25, -0.2) is 0 Å². The van der Waals surface area contributed by atoms with E-state index in [1.54, 1.807) is 44.6 Å². The Morgan fingerprint density at radius 3 is 1.77 bits per heavy atom. The van der Waals surface area contributed by atoms with Crippen LogP contribution in [0.25, 0.3) is 28.2 Å². The number of nitrogens with zero attached hydrogens (tertiary/aromatic N) is 1. The highest BCUT2D eigenvalue weighted by atomic mass is 16.5. The van der Waals surface area contributed by atoms with Crippen LogP contribution in [0.5, 0.6) is 17.2 Å². The van der Waals surface area contributed by atoms with Crippen LogP contribution in [0.1, 0.15) is 38.8 Å². The van der Waals surface area contributed by atoms with E-state index in [1.165, 1.54) is 0 Å². The smallest absolute Gasteiger partial charge is 0.196 e. The molecule has 0 unspecified atom stereocenters. The van der Waals surface area contributed by atoms with Crippen molar-refractivity contribution in [2.75, 3.05) is 20.8 Å². The molecule has 1 aliphatic carbocycles. The van der Waals surface area contributed by atoms with Gasteiger partial charge in [0.05, 0.1) is 43.3 Å². The number of methoxy groups -OCH3 is 2. The van der Waals surface area contributed by atoms with Crippen LogP contribution in [0.3, 0.4) is 0 Å². The van der Waals surface area contributed by atoms with Crippen LogP contribution < -0.4 is 14.2 Å². The molecule has 1 heterocycles. The fourth-order valence-corrected chi connectivity index (χ4v) is 5.41. The van der Waals surface area contributed by atoms with Gasteiger partial charge in [-0.3, -0.25) is 9.59 Å². The maximum absolute atomic E-state index is 14.3. The third kappa shape index (κ3) is 3.96. The van der Waals surface area contributed by atoms with Gasteiger partial charge in [-0.1, -0.05) is 54.6 Å². The summed E-state index contributed by atoms with van der Waals surface area (Å²) >= 11 is 0. The molecule has 0 saturated heterocycles. The summed E-state index contributed by atoms with van der Waals surface area (Å²) < 4.78 is 18.8. The van der Waals surface area contributed by atoms with E-state index in [9.17, 15) is 9.59 Å². The number of fused-ring (bicyclic) bond motifs is 2. The summed E-state index contributed by atoms with van der Waals surface area (Å²) in [5.41, 5.74) is 5.11. The Morgan fingerprint density at radius 1 is 0.625 bits per heavy atom. The molecule has 4 aromatic carbocycles. The van der Waals surface area contributed by atoms with Crippen LogP contribution in [-0.2, 0) is 0 Å². The molecule has 0 radical (unpaired) electrons. The maximum Gasteiger partial charge on any atom is 0.196 e. The number of ketones is 2. The zero-order valence-corrected chi connectivity index (χ0v) is 22.4. The van der Waals surface area contributed by atoms with Crippen molar-refractivity contribution in [3.05, 3.63) is 119 Å². The molecule has 198 valence electrons. The molecule has 6 nitrogen and oxygen atoms in total. The van der Waals surface area contributed by atoms with E-state index in [0.717, 1.165) is 17.0 Å². The Balaban J connectivity index is 1.75. The minimum absolute atomic E-state index is 0.185. The summed E-state index contributed by atoms with van der Waals surface area (Å²) in [5, 5.41) is 0. The Bertz CT molecular complexity index is 1750. The van der Waals surface area contributed by atoms with Gasteiger partial charge >= 0.3 is 0 Å². The van der Waals surface area contributed by atoms with Crippen molar-refractivity contribution in [1.82, 2.24) is 4.57 Å². The fourth-order valence-electron chi connectivity index (χ4n) is 5.41. The molecule has 40 heavy (non-hydrogen) atoms. The second-order valence-corrected chi connectivity index (χ2v) is 9.35. The van der Waals surface area contributed by atoms with Crippen molar-refractivity contribution in [1.29, 1.82) is 0 Å². The minimum atomic E-state index is -0.197. The number of benzene rings is 4. The third-order valence-electron chi connectivity index (χ3n) is 7.15. The summed E-state index contributed by atoms with van der Waals surface area (Å²) in [6, 6.07) is 29.9. The lowest BCUT2D eigenvalue weighted by molar-refractivity contribution is 0.0981. The van der Waals surface area contributed by atoms with Crippen molar-refractivity contribution in [3.8, 4) is 45.5 Å². The van der Waals surface area contributed by atoms with Crippen molar-refractivity contribution in [3.63, 3.8) is 0 Å². The highest BCUT2D eigenvalue weighted by molar-refractivity contribution is 6.32. The topological polar surface area (TPSA) is 66.8 Å². The largest absolute Gasteiger partial charge is 0.494 e. The third-order valence-corrected chi connectivity index (χ3v) is 7.15. The summed E-state index contributed by atoms with van der Waals surface area (Å²) in [7, 11) is 3.15. The first-order valence-corrected chi connectivity index (χ1v) is 13.1. The number of carbonyl (C=O) groups excluding carboxylic acids is 2. The van der Waals surface area contributed by atoms with Crippen LogP contribution in [0.4, 0.5) is 0 Å². The summed E-state index contributed by atoms with van der Waals surface area (Å²) in [6.07, 6.45) is 0. The second kappa shape index (κ2) is 10.2. The van der Waals surface area contributed by atoms with Crippen LogP contribution in [-0.4, -0.2) is 37.0 Å². The standard InChI is InChI=1S/C34H27NO5/c1-4-40-24-17-15-23(16-18-24)35-31(21-10-6-5-7-11-21)29-30(34(37)26-13-9-8-12-25(26)33(29)36)32(35)22-14-19-27(38-2)28(20-22)39-3/h5-20H,4H2,1-3H3. The minimum Gasteiger partial charge on any atom is -0.494 e. The van der Waals surface area contributed by atoms with E-state index < -0.39 is 0 Å². The van der Waals surface area contributed by atoms with Gasteiger partial charge in [0.1, 0.15) is 5.75 Å². The first-order chi connectivity index (χ1) is 19.6. The lowest BCUT2D eigenvalue weighted by atomic mass is 9.83. The molecule has 0 atom stereocenters. The van der Waals surface area contributed by atoms with E-state index >= 15 is 0 Å². The number of aromatic nitrogens is 1. The lowest BCUT2D eigenvalue weighted by Gasteiger charge is -2.17. The lowest BCUT2D eigenvalue weighted by Crippen LogP contribution is -2.20. The zero-order valence-electron chi connectivity index (χ0n) is 22.4. The predicted octanol–water partition coefficient (Wildman–Crippen LogP) is 7.00. The molecule has 1 aliphatic rings. The van der Waals surface area contributed by atoms with E-state index in [1.807, 2.05) is 78.2 Å². The molecule has 6 rings (SSSR count). The molecule has 0 N–H and O–H groups in total. The molecule has 0 fully saturated rings. The van der Waals surface area contributed by atoms with Gasteiger partial charge in [0.25, 0.3) is 0 Å². The zero-order chi connectivity index (χ0) is 27.8. The molecular formula is C34H27NO5. The Hall–Kier alpha value is -5.10. The fraction of sp³-hybridized carbons (Fsp3) is 0.118. The highest BCUT2D eigenvalue weighted by Crippen LogP contribution is 2.46. The molecule has 6 heteroatoms. The molecule has 1 aromatic heterocycles. The van der Waals surface area contributed by atoms with Crippen LogP contribution in [0.2, 0.25) is 0 Å². The van der Waals surface area contributed by atoms with E-state index in [-0.39, 0.29) is 11.6 Å². The van der Waals surface area contributed by atoms with Crippen LogP contribution in [0, 0.1) is 0 Å². The number of hydrogen-bond donors (Lipinski definition) is 0. The van der Waals surface area contributed by atoms with Crippen molar-refractivity contribution in [2.45, 2.75) is 6.92 Å². The number of hydrogen-bond acceptors (Lipinski definition) is 5. The predicted molar refractivity (Wildman–Crippen MR) is 154 cm³/mol. The molecule has 5 aromatic rings. The molecular weight excluding hydrogens is 502 g/mol. The van der Waals surface area contributed by atoms with Gasteiger partial charge < -0.3 is 18.8 Å². The number of carbonyl (C=O) groups is 2. The van der Waals surface area contributed by atoms with Gasteiger partial charge in [0.15, 0.2) is 23.1 Å². The number of rotatable bonds is 7.